The van der Waals surface area contributed by atoms with Crippen molar-refractivity contribution < 1.29 is 13.2 Å². The molecule has 27 heavy (non-hydrogen) atoms. The van der Waals surface area contributed by atoms with Crippen molar-refractivity contribution in [2.24, 2.45) is 5.92 Å². The van der Waals surface area contributed by atoms with Crippen molar-refractivity contribution in [3.63, 3.8) is 0 Å². The molecule has 144 valence electrons. The lowest BCUT2D eigenvalue weighted by Gasteiger charge is -2.30. The van der Waals surface area contributed by atoms with Crippen LogP contribution in [0.1, 0.15) is 25.8 Å². The molecule has 0 spiro atoms. The molecule has 6 nitrogen and oxygen atoms in total. The normalized spacial score (nSPS) is 14.0. The molecule has 0 aromatic heterocycles. The lowest BCUT2D eigenvalue weighted by molar-refractivity contribution is 0.251. The molecule has 0 saturated carbocycles. The van der Waals surface area contributed by atoms with E-state index >= 15 is 0 Å². The van der Waals surface area contributed by atoms with Gasteiger partial charge in [0.15, 0.2) is 0 Å². The predicted molar refractivity (Wildman–Crippen MR) is 108 cm³/mol. The van der Waals surface area contributed by atoms with E-state index in [-0.39, 0.29) is 10.9 Å². The number of carbonyl (C=O) groups excluding carboxylic acids is 1. The SMILES string of the molecule is CC(C)CNC(=O)Nc1ccc(S(=O)(=O)N2CCCc3ccccc32)cc1. The van der Waals surface area contributed by atoms with E-state index in [1.807, 2.05) is 38.1 Å². The highest BCUT2D eigenvalue weighted by atomic mass is 32.2. The van der Waals surface area contributed by atoms with Crippen LogP contribution >= 0.6 is 0 Å². The topological polar surface area (TPSA) is 78.5 Å². The molecule has 2 N–H and O–H groups in total. The van der Waals surface area contributed by atoms with Crippen LogP contribution in [0.25, 0.3) is 0 Å². The van der Waals surface area contributed by atoms with Gasteiger partial charge in [-0.15, -0.1) is 0 Å². The first kappa shape index (κ1) is 19.2. The Morgan fingerprint density at radius 2 is 1.81 bits per heavy atom. The van der Waals surface area contributed by atoms with E-state index in [2.05, 4.69) is 10.6 Å². The molecule has 1 aliphatic heterocycles. The van der Waals surface area contributed by atoms with Crippen LogP contribution in [-0.4, -0.2) is 27.5 Å². The standard InChI is InChI=1S/C20H25N3O3S/c1-15(2)14-21-20(24)22-17-9-11-18(12-10-17)27(25,26)23-13-5-7-16-6-3-4-8-19(16)23/h3-4,6,8-12,15H,5,7,13-14H2,1-2H3,(H2,21,22,24). The number of para-hydroxylation sites is 1. The molecule has 0 unspecified atom stereocenters. The lowest BCUT2D eigenvalue weighted by atomic mass is 10.0. The Hall–Kier alpha value is -2.54. The zero-order valence-electron chi connectivity index (χ0n) is 15.6. The summed E-state index contributed by atoms with van der Waals surface area (Å²) in [5, 5.41) is 5.47. The van der Waals surface area contributed by atoms with Crippen molar-refractivity contribution in [2.45, 2.75) is 31.6 Å². The van der Waals surface area contributed by atoms with Gasteiger partial charge in [-0.1, -0.05) is 32.0 Å². The minimum absolute atomic E-state index is 0.215. The number of nitrogens with one attached hydrogen (secondary N) is 2. The van der Waals surface area contributed by atoms with Crippen LogP contribution in [0.15, 0.2) is 53.4 Å². The number of urea groups is 1. The number of benzene rings is 2. The molecule has 0 atom stereocenters. The van der Waals surface area contributed by atoms with Gasteiger partial charge in [-0.05, 0) is 54.7 Å². The van der Waals surface area contributed by atoms with Gasteiger partial charge in [0.05, 0.1) is 10.6 Å². The molecule has 0 bridgehead atoms. The number of hydrogen-bond donors (Lipinski definition) is 2. The predicted octanol–water partition coefficient (Wildman–Crippen LogP) is 3.61. The minimum Gasteiger partial charge on any atom is -0.338 e. The minimum atomic E-state index is -3.64. The second kappa shape index (κ2) is 8.00. The fourth-order valence-electron chi connectivity index (χ4n) is 3.06. The van der Waals surface area contributed by atoms with Crippen LogP contribution in [0.5, 0.6) is 0 Å². The van der Waals surface area contributed by atoms with E-state index in [9.17, 15) is 13.2 Å². The third-order valence-electron chi connectivity index (χ3n) is 4.44. The number of fused-ring (bicyclic) bond motifs is 1. The van der Waals surface area contributed by atoms with Crippen LogP contribution in [0, 0.1) is 5.92 Å². The molecular weight excluding hydrogens is 362 g/mol. The van der Waals surface area contributed by atoms with Gasteiger partial charge in [-0.3, -0.25) is 4.31 Å². The molecule has 2 aromatic rings. The van der Waals surface area contributed by atoms with E-state index in [1.54, 1.807) is 12.1 Å². The number of carbonyl (C=O) groups is 1. The smallest absolute Gasteiger partial charge is 0.319 e. The maximum absolute atomic E-state index is 13.1. The molecule has 0 saturated heterocycles. The monoisotopic (exact) mass is 387 g/mol. The number of amides is 2. The van der Waals surface area contributed by atoms with E-state index < -0.39 is 10.0 Å². The van der Waals surface area contributed by atoms with E-state index in [0.29, 0.717) is 24.7 Å². The van der Waals surface area contributed by atoms with Crippen LogP contribution in [-0.2, 0) is 16.4 Å². The molecule has 0 aliphatic carbocycles. The molecule has 1 heterocycles. The first-order valence-corrected chi connectivity index (χ1v) is 10.6. The highest BCUT2D eigenvalue weighted by Gasteiger charge is 2.28. The Balaban J connectivity index is 1.76. The highest BCUT2D eigenvalue weighted by Crippen LogP contribution is 2.32. The van der Waals surface area contributed by atoms with Gasteiger partial charge >= 0.3 is 6.03 Å². The summed E-state index contributed by atoms with van der Waals surface area (Å²) in [7, 11) is -3.64. The van der Waals surface area contributed by atoms with Crippen LogP contribution in [0.3, 0.4) is 0 Å². The molecule has 3 rings (SSSR count). The average molecular weight is 388 g/mol. The zero-order valence-corrected chi connectivity index (χ0v) is 16.4. The number of aryl methyl sites for hydroxylation is 1. The molecular formula is C20H25N3O3S. The van der Waals surface area contributed by atoms with Gasteiger partial charge in [0, 0.05) is 18.8 Å². The Labute approximate surface area is 160 Å². The summed E-state index contributed by atoms with van der Waals surface area (Å²) < 4.78 is 27.7. The Morgan fingerprint density at radius 1 is 1.11 bits per heavy atom. The summed E-state index contributed by atoms with van der Waals surface area (Å²) in [6, 6.07) is 13.6. The Bertz CT molecular complexity index is 908. The van der Waals surface area contributed by atoms with E-state index in [0.717, 1.165) is 24.1 Å². The fourth-order valence-corrected chi connectivity index (χ4v) is 4.60. The first-order valence-electron chi connectivity index (χ1n) is 9.13. The summed E-state index contributed by atoms with van der Waals surface area (Å²) in [6.45, 7) is 5.07. The van der Waals surface area contributed by atoms with E-state index in [4.69, 9.17) is 0 Å². The molecule has 1 aliphatic rings. The Kier molecular flexibility index (Phi) is 5.70. The fraction of sp³-hybridized carbons (Fsp3) is 0.350. The maximum Gasteiger partial charge on any atom is 0.319 e. The lowest BCUT2D eigenvalue weighted by Crippen LogP contribution is -2.35. The zero-order chi connectivity index (χ0) is 19.4. The third-order valence-corrected chi connectivity index (χ3v) is 6.27. The van der Waals surface area contributed by atoms with Gasteiger partial charge in [0.25, 0.3) is 10.0 Å². The second-order valence-corrected chi connectivity index (χ2v) is 8.92. The van der Waals surface area contributed by atoms with Crippen molar-refractivity contribution in [3.8, 4) is 0 Å². The average Bonchev–Trinajstić information content (AvgIpc) is 2.66. The molecule has 2 aromatic carbocycles. The molecule has 0 fully saturated rings. The highest BCUT2D eigenvalue weighted by molar-refractivity contribution is 7.92. The van der Waals surface area contributed by atoms with Crippen LogP contribution in [0.2, 0.25) is 0 Å². The van der Waals surface area contributed by atoms with Gasteiger partial charge in [0.1, 0.15) is 0 Å². The van der Waals surface area contributed by atoms with Gasteiger partial charge in [0.2, 0.25) is 0 Å². The van der Waals surface area contributed by atoms with Gasteiger partial charge in [-0.2, -0.15) is 0 Å². The summed E-state index contributed by atoms with van der Waals surface area (Å²) >= 11 is 0. The maximum atomic E-state index is 13.1. The number of rotatable bonds is 5. The number of nitrogens with zero attached hydrogens (tertiary/aromatic N) is 1. The van der Waals surface area contributed by atoms with Crippen molar-refractivity contribution >= 4 is 27.4 Å². The second-order valence-electron chi connectivity index (χ2n) is 7.06. The summed E-state index contributed by atoms with van der Waals surface area (Å²) in [5.74, 6) is 0.357. The van der Waals surface area contributed by atoms with Crippen molar-refractivity contribution in [1.82, 2.24) is 5.32 Å². The van der Waals surface area contributed by atoms with Gasteiger partial charge < -0.3 is 10.6 Å². The number of anilines is 2. The van der Waals surface area contributed by atoms with Crippen molar-refractivity contribution in [2.75, 3.05) is 22.7 Å². The van der Waals surface area contributed by atoms with Crippen LogP contribution in [0.4, 0.5) is 16.2 Å². The number of sulfonamides is 1. The quantitative estimate of drug-likeness (QED) is 0.823. The van der Waals surface area contributed by atoms with E-state index in [1.165, 1.54) is 16.4 Å². The molecule has 0 radical (unpaired) electrons. The molecule has 7 heteroatoms. The third kappa shape index (κ3) is 4.42. The summed E-state index contributed by atoms with van der Waals surface area (Å²) in [6.07, 6.45) is 1.68. The Morgan fingerprint density at radius 3 is 2.52 bits per heavy atom. The molecule has 2 amide bonds. The number of hydrogen-bond acceptors (Lipinski definition) is 3. The first-order chi connectivity index (χ1) is 12.9. The van der Waals surface area contributed by atoms with Crippen LogP contribution < -0.4 is 14.9 Å². The van der Waals surface area contributed by atoms with Crippen molar-refractivity contribution in [3.05, 3.63) is 54.1 Å². The largest absolute Gasteiger partial charge is 0.338 e. The summed E-state index contributed by atoms with van der Waals surface area (Å²) in [5.41, 5.74) is 2.35. The summed E-state index contributed by atoms with van der Waals surface area (Å²) in [4.78, 5) is 12.0. The van der Waals surface area contributed by atoms with Crippen molar-refractivity contribution in [1.29, 1.82) is 0 Å². The van der Waals surface area contributed by atoms with Gasteiger partial charge in [-0.25, -0.2) is 13.2 Å².